The van der Waals surface area contributed by atoms with Crippen molar-refractivity contribution in [2.45, 2.75) is 63.9 Å². The minimum Gasteiger partial charge on any atom is -0.480 e. The SMILES string of the molecule is CC(C)(C)OC(=O)N[C@@H]1CCO[C@@H]2CC[C@@H](C(=O)O)N2C1=O. The number of rotatable bonds is 2. The molecule has 2 aliphatic heterocycles. The largest absolute Gasteiger partial charge is 0.480 e. The Kier molecular flexibility index (Phi) is 4.60. The molecule has 0 aliphatic carbocycles. The van der Waals surface area contributed by atoms with Gasteiger partial charge in [0.2, 0.25) is 5.91 Å². The third-order valence-corrected chi connectivity index (χ3v) is 3.58. The highest BCUT2D eigenvalue weighted by atomic mass is 16.6. The van der Waals surface area contributed by atoms with Crippen LogP contribution < -0.4 is 5.32 Å². The van der Waals surface area contributed by atoms with E-state index in [0.717, 1.165) is 0 Å². The van der Waals surface area contributed by atoms with E-state index in [1.807, 2.05) is 0 Å². The summed E-state index contributed by atoms with van der Waals surface area (Å²) in [5.74, 6) is -1.49. The van der Waals surface area contributed by atoms with E-state index in [2.05, 4.69) is 5.32 Å². The zero-order valence-corrected chi connectivity index (χ0v) is 13.0. The van der Waals surface area contributed by atoms with Crippen LogP contribution >= 0.6 is 0 Å². The number of alkyl carbamates (subject to hydrolysis) is 1. The van der Waals surface area contributed by atoms with Crippen molar-refractivity contribution in [3.63, 3.8) is 0 Å². The second-order valence-corrected chi connectivity index (χ2v) is 6.49. The molecule has 0 saturated carbocycles. The van der Waals surface area contributed by atoms with Gasteiger partial charge in [0.25, 0.3) is 0 Å². The molecule has 2 heterocycles. The van der Waals surface area contributed by atoms with Crippen molar-refractivity contribution in [1.29, 1.82) is 0 Å². The van der Waals surface area contributed by atoms with Gasteiger partial charge in [0.05, 0.1) is 6.61 Å². The van der Waals surface area contributed by atoms with Crippen LogP contribution in [0.25, 0.3) is 0 Å². The topological polar surface area (TPSA) is 105 Å². The predicted molar refractivity (Wildman–Crippen MR) is 75.0 cm³/mol. The van der Waals surface area contributed by atoms with E-state index in [1.165, 1.54) is 4.90 Å². The summed E-state index contributed by atoms with van der Waals surface area (Å²) in [6, 6.07) is -1.74. The molecule has 0 aromatic rings. The highest BCUT2D eigenvalue weighted by Crippen LogP contribution is 2.28. The molecular weight excluding hydrogens is 292 g/mol. The summed E-state index contributed by atoms with van der Waals surface area (Å²) < 4.78 is 10.7. The first-order valence-corrected chi connectivity index (χ1v) is 7.35. The average molecular weight is 314 g/mol. The smallest absolute Gasteiger partial charge is 0.408 e. The Bertz CT molecular complexity index is 472. The van der Waals surface area contributed by atoms with Gasteiger partial charge in [-0.25, -0.2) is 9.59 Å². The molecule has 124 valence electrons. The predicted octanol–water partition coefficient (Wildman–Crippen LogP) is 0.702. The van der Waals surface area contributed by atoms with E-state index in [4.69, 9.17) is 9.47 Å². The Balaban J connectivity index is 2.08. The van der Waals surface area contributed by atoms with Crippen LogP contribution in [-0.4, -0.2) is 58.5 Å². The number of hydrogen-bond acceptors (Lipinski definition) is 5. The van der Waals surface area contributed by atoms with Crippen molar-refractivity contribution >= 4 is 18.0 Å². The number of carbonyl (C=O) groups excluding carboxylic acids is 2. The summed E-state index contributed by atoms with van der Waals surface area (Å²) in [7, 11) is 0. The van der Waals surface area contributed by atoms with Crippen LogP contribution in [-0.2, 0) is 19.1 Å². The molecule has 2 N–H and O–H groups in total. The fourth-order valence-corrected chi connectivity index (χ4v) is 2.69. The lowest BCUT2D eigenvalue weighted by molar-refractivity contribution is -0.155. The molecule has 0 spiro atoms. The van der Waals surface area contributed by atoms with Gasteiger partial charge in [-0.05, 0) is 33.6 Å². The number of fused-ring (bicyclic) bond motifs is 1. The highest BCUT2D eigenvalue weighted by Gasteiger charge is 2.45. The minimum absolute atomic E-state index is 0.277. The molecular formula is C14H22N2O6. The number of amides is 2. The van der Waals surface area contributed by atoms with E-state index in [0.29, 0.717) is 12.8 Å². The van der Waals surface area contributed by atoms with E-state index < -0.39 is 41.9 Å². The molecule has 8 heteroatoms. The Labute approximate surface area is 128 Å². The quantitative estimate of drug-likeness (QED) is 0.777. The van der Waals surface area contributed by atoms with Gasteiger partial charge in [-0.15, -0.1) is 0 Å². The van der Waals surface area contributed by atoms with Gasteiger partial charge in [-0.2, -0.15) is 0 Å². The Morgan fingerprint density at radius 1 is 1.32 bits per heavy atom. The van der Waals surface area contributed by atoms with E-state index in [1.54, 1.807) is 20.8 Å². The second-order valence-electron chi connectivity index (χ2n) is 6.49. The van der Waals surface area contributed by atoms with Crippen molar-refractivity contribution in [2.75, 3.05) is 6.61 Å². The van der Waals surface area contributed by atoms with Crippen molar-refractivity contribution < 1.29 is 29.0 Å². The number of carbonyl (C=O) groups is 3. The lowest BCUT2D eigenvalue weighted by atomic mass is 10.1. The van der Waals surface area contributed by atoms with Gasteiger partial charge in [-0.3, -0.25) is 4.79 Å². The van der Waals surface area contributed by atoms with Crippen LogP contribution in [0.15, 0.2) is 0 Å². The van der Waals surface area contributed by atoms with Crippen LogP contribution in [0.1, 0.15) is 40.0 Å². The molecule has 3 atom stereocenters. The van der Waals surface area contributed by atoms with Gasteiger partial charge in [-0.1, -0.05) is 0 Å². The van der Waals surface area contributed by atoms with Crippen molar-refractivity contribution in [1.82, 2.24) is 10.2 Å². The first kappa shape index (κ1) is 16.5. The summed E-state index contributed by atoms with van der Waals surface area (Å²) in [5.41, 5.74) is -0.672. The van der Waals surface area contributed by atoms with E-state index in [-0.39, 0.29) is 13.0 Å². The summed E-state index contributed by atoms with van der Waals surface area (Å²) in [6.07, 6.45) is -0.0983. The standard InChI is InChI=1S/C14H22N2O6/c1-14(2,3)22-13(20)15-8-6-7-21-10-5-4-9(12(18)19)16(10)11(8)17/h8-10H,4-7H2,1-3H3,(H,15,20)(H,18,19)/t8-,9+,10-/m1/s1. The minimum atomic E-state index is -1.06. The third kappa shape index (κ3) is 3.68. The molecule has 22 heavy (non-hydrogen) atoms. The van der Waals surface area contributed by atoms with Crippen LogP contribution in [0.2, 0.25) is 0 Å². The zero-order valence-electron chi connectivity index (χ0n) is 13.0. The van der Waals surface area contributed by atoms with Crippen molar-refractivity contribution in [3.8, 4) is 0 Å². The molecule has 0 aromatic carbocycles. The molecule has 2 saturated heterocycles. The fraction of sp³-hybridized carbons (Fsp3) is 0.786. The van der Waals surface area contributed by atoms with Gasteiger partial charge >= 0.3 is 12.1 Å². The van der Waals surface area contributed by atoms with Crippen LogP contribution in [0.5, 0.6) is 0 Å². The van der Waals surface area contributed by atoms with Crippen LogP contribution in [0.4, 0.5) is 4.79 Å². The maximum absolute atomic E-state index is 12.6. The Hall–Kier alpha value is -1.83. The molecule has 2 aliphatic rings. The zero-order chi connectivity index (χ0) is 16.5. The number of ether oxygens (including phenoxy) is 2. The molecule has 8 nitrogen and oxygen atoms in total. The van der Waals surface area contributed by atoms with Crippen LogP contribution in [0, 0.1) is 0 Å². The van der Waals surface area contributed by atoms with Gasteiger partial charge in [0.15, 0.2) is 0 Å². The summed E-state index contributed by atoms with van der Waals surface area (Å²) in [4.78, 5) is 36.9. The molecule has 0 radical (unpaired) electrons. The van der Waals surface area contributed by atoms with Crippen LogP contribution in [0.3, 0.4) is 0 Å². The summed E-state index contributed by atoms with van der Waals surface area (Å²) >= 11 is 0. The fourth-order valence-electron chi connectivity index (χ4n) is 2.69. The van der Waals surface area contributed by atoms with E-state index >= 15 is 0 Å². The molecule has 2 fully saturated rings. The highest BCUT2D eigenvalue weighted by molar-refractivity contribution is 5.90. The maximum atomic E-state index is 12.6. The normalized spacial score (nSPS) is 28.8. The Morgan fingerprint density at radius 2 is 2.00 bits per heavy atom. The number of carboxylic acids is 1. The molecule has 0 bridgehead atoms. The molecule has 0 aromatic heterocycles. The number of hydrogen-bond donors (Lipinski definition) is 2. The summed E-state index contributed by atoms with van der Waals surface area (Å²) in [6.45, 7) is 5.45. The maximum Gasteiger partial charge on any atom is 0.408 e. The second kappa shape index (κ2) is 6.12. The van der Waals surface area contributed by atoms with Gasteiger partial charge in [0, 0.05) is 6.42 Å². The van der Waals surface area contributed by atoms with Crippen molar-refractivity contribution in [3.05, 3.63) is 0 Å². The van der Waals surface area contributed by atoms with E-state index in [9.17, 15) is 19.5 Å². The monoisotopic (exact) mass is 314 g/mol. The third-order valence-electron chi connectivity index (χ3n) is 3.58. The average Bonchev–Trinajstić information content (AvgIpc) is 2.72. The van der Waals surface area contributed by atoms with Crippen molar-refractivity contribution in [2.24, 2.45) is 0 Å². The van der Waals surface area contributed by atoms with Gasteiger partial charge < -0.3 is 24.8 Å². The summed E-state index contributed by atoms with van der Waals surface area (Å²) in [5, 5.41) is 11.7. The molecule has 2 amide bonds. The lowest BCUT2D eigenvalue weighted by Gasteiger charge is -2.28. The first-order chi connectivity index (χ1) is 10.2. The van der Waals surface area contributed by atoms with Gasteiger partial charge in [0.1, 0.15) is 23.9 Å². The lowest BCUT2D eigenvalue weighted by Crippen LogP contribution is -2.53. The molecule has 2 rings (SSSR count). The Morgan fingerprint density at radius 3 is 2.59 bits per heavy atom. The number of carboxylic acid groups (broad SMARTS) is 1. The number of nitrogens with one attached hydrogen (secondary N) is 1. The first-order valence-electron chi connectivity index (χ1n) is 7.35. The number of aliphatic carboxylic acids is 1. The molecule has 0 unspecified atom stereocenters. The number of nitrogens with zero attached hydrogens (tertiary/aromatic N) is 1.